The number of esters is 1. The van der Waals surface area contributed by atoms with Crippen molar-refractivity contribution in [2.75, 3.05) is 0 Å². The largest absolute Gasteiger partial charge is 0.460 e. The van der Waals surface area contributed by atoms with Crippen molar-refractivity contribution in [1.29, 1.82) is 0 Å². The fourth-order valence-corrected chi connectivity index (χ4v) is 0.280. The second-order valence-corrected chi connectivity index (χ2v) is 1.69. The summed E-state index contributed by atoms with van der Waals surface area (Å²) in [7, 11) is 0. The summed E-state index contributed by atoms with van der Waals surface area (Å²) in [6, 6.07) is 0. The summed E-state index contributed by atoms with van der Waals surface area (Å²) in [5, 5.41) is 0. The van der Waals surface area contributed by atoms with Gasteiger partial charge in [0.2, 0.25) is 0 Å². The van der Waals surface area contributed by atoms with E-state index in [-0.39, 0.29) is 49.8 Å². The van der Waals surface area contributed by atoms with Gasteiger partial charge >= 0.3 is 5.97 Å². The average molecular weight is 154 g/mol. The Labute approximate surface area is 85.3 Å². The Hall–Kier alpha value is 0.470. The molecule has 0 aliphatic rings. The van der Waals surface area contributed by atoms with Crippen LogP contribution in [0, 0.1) is 0 Å². The SMILES string of the molecule is C=CC(=O)OC(C)C.[Ca]. The molecule has 0 aliphatic carbocycles. The Morgan fingerprint density at radius 2 is 2.11 bits per heavy atom. The Morgan fingerprint density at radius 1 is 1.67 bits per heavy atom. The first kappa shape index (κ1) is 12.2. The quantitative estimate of drug-likeness (QED) is 0.333. The minimum absolute atomic E-state index is 0. The van der Waals surface area contributed by atoms with Crippen LogP contribution in [0.1, 0.15) is 13.8 Å². The van der Waals surface area contributed by atoms with Crippen molar-refractivity contribution in [2.24, 2.45) is 0 Å². The molecule has 0 rings (SSSR count). The molecule has 48 valence electrons. The molecule has 9 heavy (non-hydrogen) atoms. The van der Waals surface area contributed by atoms with E-state index in [9.17, 15) is 4.79 Å². The van der Waals surface area contributed by atoms with Crippen molar-refractivity contribution in [3.8, 4) is 0 Å². The van der Waals surface area contributed by atoms with Gasteiger partial charge in [0, 0.05) is 43.8 Å². The molecule has 0 saturated heterocycles. The standard InChI is InChI=1S/C6H10O2.Ca/c1-4-6(7)8-5(2)3;/h4-5H,1H2,2-3H3;. The van der Waals surface area contributed by atoms with Crippen LogP contribution in [-0.4, -0.2) is 49.8 Å². The van der Waals surface area contributed by atoms with Crippen molar-refractivity contribution in [1.82, 2.24) is 0 Å². The molecule has 0 N–H and O–H groups in total. The number of ether oxygens (including phenoxy) is 1. The molecule has 0 heterocycles. The Morgan fingerprint density at radius 3 is 2.22 bits per heavy atom. The van der Waals surface area contributed by atoms with Gasteiger partial charge in [0.15, 0.2) is 0 Å². The van der Waals surface area contributed by atoms with Crippen LogP contribution in [0.2, 0.25) is 0 Å². The van der Waals surface area contributed by atoms with Crippen molar-refractivity contribution in [2.45, 2.75) is 20.0 Å². The molecule has 0 fully saturated rings. The summed E-state index contributed by atoms with van der Waals surface area (Å²) >= 11 is 0. The molecule has 3 heteroatoms. The molecular weight excluding hydrogens is 144 g/mol. The van der Waals surface area contributed by atoms with Gasteiger partial charge in [-0.05, 0) is 13.8 Å². The molecule has 2 radical (unpaired) electrons. The van der Waals surface area contributed by atoms with E-state index in [4.69, 9.17) is 0 Å². The van der Waals surface area contributed by atoms with E-state index >= 15 is 0 Å². The van der Waals surface area contributed by atoms with Gasteiger partial charge in [-0.15, -0.1) is 0 Å². The van der Waals surface area contributed by atoms with E-state index in [0.717, 1.165) is 6.08 Å². The zero-order valence-corrected chi connectivity index (χ0v) is 8.09. The van der Waals surface area contributed by atoms with Gasteiger partial charge in [-0.2, -0.15) is 0 Å². The fraction of sp³-hybridized carbons (Fsp3) is 0.500. The summed E-state index contributed by atoms with van der Waals surface area (Å²) in [5.74, 6) is -0.361. The first-order valence-corrected chi connectivity index (χ1v) is 2.50. The first-order chi connectivity index (χ1) is 3.66. The molecule has 2 nitrogen and oxygen atoms in total. The zero-order valence-electron chi connectivity index (χ0n) is 5.89. The number of hydrogen-bond acceptors (Lipinski definition) is 2. The van der Waals surface area contributed by atoms with Crippen molar-refractivity contribution >= 4 is 43.7 Å². The molecule has 0 atom stereocenters. The third kappa shape index (κ3) is 8.47. The maximum atomic E-state index is 10.3. The molecule has 0 amide bonds. The summed E-state index contributed by atoms with van der Waals surface area (Å²) in [4.78, 5) is 10.3. The van der Waals surface area contributed by atoms with Crippen LogP contribution in [-0.2, 0) is 9.53 Å². The van der Waals surface area contributed by atoms with Crippen molar-refractivity contribution < 1.29 is 9.53 Å². The summed E-state index contributed by atoms with van der Waals surface area (Å²) in [6.07, 6.45) is 1.11. The molecule has 0 spiro atoms. The van der Waals surface area contributed by atoms with E-state index in [1.165, 1.54) is 0 Å². The average Bonchev–Trinajstić information content (AvgIpc) is 1.65. The number of carbonyl (C=O) groups is 1. The smallest absolute Gasteiger partial charge is 0.330 e. The van der Waals surface area contributed by atoms with Gasteiger partial charge < -0.3 is 4.74 Å². The third-order valence-corrected chi connectivity index (χ3v) is 0.519. The van der Waals surface area contributed by atoms with E-state index in [0.29, 0.717) is 0 Å². The normalized spacial score (nSPS) is 7.89. The Kier molecular flexibility index (Phi) is 8.91. The van der Waals surface area contributed by atoms with Crippen LogP contribution in [0.3, 0.4) is 0 Å². The first-order valence-electron chi connectivity index (χ1n) is 2.50. The maximum absolute atomic E-state index is 10.3. The van der Waals surface area contributed by atoms with E-state index < -0.39 is 0 Å². The van der Waals surface area contributed by atoms with Gasteiger partial charge in [-0.25, -0.2) is 4.79 Å². The van der Waals surface area contributed by atoms with Crippen LogP contribution in [0.25, 0.3) is 0 Å². The predicted molar refractivity (Wildman–Crippen MR) is 37.2 cm³/mol. The zero-order chi connectivity index (χ0) is 6.57. The minimum Gasteiger partial charge on any atom is -0.460 e. The van der Waals surface area contributed by atoms with E-state index in [1.54, 1.807) is 13.8 Å². The molecule has 0 aliphatic heterocycles. The number of hydrogen-bond donors (Lipinski definition) is 0. The Bertz CT molecular complexity index is 99.2. The monoisotopic (exact) mass is 154 g/mol. The maximum Gasteiger partial charge on any atom is 0.330 e. The summed E-state index contributed by atoms with van der Waals surface area (Å²) in [6.45, 7) is 6.83. The van der Waals surface area contributed by atoms with Crippen molar-refractivity contribution in [3.05, 3.63) is 12.7 Å². The minimum atomic E-state index is -0.361. The van der Waals surface area contributed by atoms with E-state index in [1.807, 2.05) is 0 Å². The van der Waals surface area contributed by atoms with Gasteiger partial charge in [0.1, 0.15) is 0 Å². The fourth-order valence-electron chi connectivity index (χ4n) is 0.280. The van der Waals surface area contributed by atoms with Crippen LogP contribution in [0.5, 0.6) is 0 Å². The third-order valence-electron chi connectivity index (χ3n) is 0.519. The van der Waals surface area contributed by atoms with Gasteiger partial charge in [-0.1, -0.05) is 6.58 Å². The molecule has 0 bridgehead atoms. The molecule has 0 saturated carbocycles. The van der Waals surface area contributed by atoms with Gasteiger partial charge in [0.05, 0.1) is 6.10 Å². The summed E-state index contributed by atoms with van der Waals surface area (Å²) in [5.41, 5.74) is 0. The van der Waals surface area contributed by atoms with Gasteiger partial charge in [-0.3, -0.25) is 0 Å². The molecular formula is C6H10CaO2. The van der Waals surface area contributed by atoms with Crippen LogP contribution >= 0.6 is 0 Å². The summed E-state index contributed by atoms with van der Waals surface area (Å²) < 4.78 is 4.64. The molecule has 0 aromatic heterocycles. The Balaban J connectivity index is 0. The van der Waals surface area contributed by atoms with E-state index in [2.05, 4.69) is 11.3 Å². The number of rotatable bonds is 2. The second-order valence-electron chi connectivity index (χ2n) is 1.69. The van der Waals surface area contributed by atoms with Crippen molar-refractivity contribution in [3.63, 3.8) is 0 Å². The second kappa shape index (κ2) is 6.59. The van der Waals surface area contributed by atoms with Gasteiger partial charge in [0.25, 0.3) is 0 Å². The molecule has 0 aromatic rings. The topological polar surface area (TPSA) is 26.3 Å². The number of carbonyl (C=O) groups excluding carboxylic acids is 1. The molecule has 0 unspecified atom stereocenters. The van der Waals surface area contributed by atoms with Crippen LogP contribution < -0.4 is 0 Å². The predicted octanol–water partition coefficient (Wildman–Crippen LogP) is 0.743. The molecule has 0 aromatic carbocycles. The van der Waals surface area contributed by atoms with Crippen LogP contribution in [0.15, 0.2) is 12.7 Å². The van der Waals surface area contributed by atoms with Crippen LogP contribution in [0.4, 0.5) is 0 Å².